The number of hydrogen-bond acceptors (Lipinski definition) is 3. The fourth-order valence-electron chi connectivity index (χ4n) is 2.07. The first-order chi connectivity index (χ1) is 10.6. The molecule has 0 bridgehead atoms. The van der Waals surface area contributed by atoms with E-state index in [1.807, 2.05) is 18.2 Å². The van der Waals surface area contributed by atoms with E-state index in [9.17, 15) is 4.79 Å². The van der Waals surface area contributed by atoms with E-state index in [0.29, 0.717) is 12.5 Å². The summed E-state index contributed by atoms with van der Waals surface area (Å²) in [5.41, 5.74) is 0.913. The third-order valence-electron chi connectivity index (χ3n) is 3.61. The van der Waals surface area contributed by atoms with Crippen molar-refractivity contribution in [2.45, 2.75) is 39.5 Å². The minimum atomic E-state index is -0.294. The van der Waals surface area contributed by atoms with Crippen molar-refractivity contribution in [3.05, 3.63) is 34.3 Å². The Hall–Kier alpha value is -1.29. The maximum atomic E-state index is 11.8. The lowest BCUT2D eigenvalue weighted by Gasteiger charge is -2.13. The van der Waals surface area contributed by atoms with Crippen molar-refractivity contribution >= 4 is 28.0 Å². The van der Waals surface area contributed by atoms with Crippen LogP contribution in [-0.2, 0) is 9.53 Å². The Bertz CT molecular complexity index is 497. The summed E-state index contributed by atoms with van der Waals surface area (Å²) in [6, 6.07) is 5.61. The molecule has 3 nitrogen and oxygen atoms in total. The van der Waals surface area contributed by atoms with Crippen molar-refractivity contribution in [2.75, 3.05) is 13.7 Å². The van der Waals surface area contributed by atoms with E-state index < -0.39 is 0 Å². The molecule has 0 N–H and O–H groups in total. The summed E-state index contributed by atoms with van der Waals surface area (Å²) in [7, 11) is 1.62. The molecule has 0 saturated heterocycles. The van der Waals surface area contributed by atoms with Crippen LogP contribution in [0.4, 0.5) is 0 Å². The molecule has 22 heavy (non-hydrogen) atoms. The Morgan fingerprint density at radius 2 is 2.14 bits per heavy atom. The van der Waals surface area contributed by atoms with Crippen LogP contribution in [0.3, 0.4) is 0 Å². The van der Waals surface area contributed by atoms with Crippen molar-refractivity contribution < 1.29 is 14.3 Å². The molecule has 1 rings (SSSR count). The highest BCUT2D eigenvalue weighted by Crippen LogP contribution is 2.24. The van der Waals surface area contributed by atoms with Gasteiger partial charge in [0, 0.05) is 10.5 Å². The first-order valence-electron chi connectivity index (χ1n) is 7.79. The van der Waals surface area contributed by atoms with Crippen LogP contribution in [0.2, 0.25) is 0 Å². The minimum Gasteiger partial charge on any atom is -0.497 e. The summed E-state index contributed by atoms with van der Waals surface area (Å²) in [5.74, 6) is 0.941. The number of unbranched alkanes of at least 4 members (excludes halogenated alkanes) is 1. The number of hydrogen-bond donors (Lipinski definition) is 0. The van der Waals surface area contributed by atoms with E-state index >= 15 is 0 Å². The molecule has 1 aromatic rings. The molecule has 0 aliphatic carbocycles. The molecule has 0 amide bonds. The highest BCUT2D eigenvalue weighted by Gasteiger charge is 2.08. The van der Waals surface area contributed by atoms with Gasteiger partial charge < -0.3 is 9.47 Å². The summed E-state index contributed by atoms with van der Waals surface area (Å²) < 4.78 is 11.4. The lowest BCUT2D eigenvalue weighted by atomic mass is 10.0. The third kappa shape index (κ3) is 6.65. The molecule has 0 radical (unpaired) electrons. The summed E-state index contributed by atoms with van der Waals surface area (Å²) in [6.07, 6.45) is 7.74. The van der Waals surface area contributed by atoms with E-state index in [1.165, 1.54) is 18.9 Å². The molecule has 1 unspecified atom stereocenters. The average molecular weight is 369 g/mol. The second-order valence-corrected chi connectivity index (χ2v) is 6.12. The van der Waals surface area contributed by atoms with Gasteiger partial charge in [0.15, 0.2) is 0 Å². The topological polar surface area (TPSA) is 35.5 Å². The Kier molecular flexibility index (Phi) is 8.90. The van der Waals surface area contributed by atoms with Crippen LogP contribution >= 0.6 is 15.9 Å². The van der Waals surface area contributed by atoms with Crippen LogP contribution in [0.15, 0.2) is 28.7 Å². The molecule has 0 fully saturated rings. The molecule has 0 aromatic heterocycles. The molecule has 0 saturated carbocycles. The predicted octanol–water partition coefficient (Wildman–Crippen LogP) is 5.23. The lowest BCUT2D eigenvalue weighted by Crippen LogP contribution is -2.12. The maximum absolute atomic E-state index is 11.8. The normalized spacial score (nSPS) is 12.4. The quantitative estimate of drug-likeness (QED) is 0.442. The van der Waals surface area contributed by atoms with E-state index in [2.05, 4.69) is 29.8 Å². The number of methoxy groups -OCH3 is 1. The summed E-state index contributed by atoms with van der Waals surface area (Å²) in [4.78, 5) is 11.8. The summed E-state index contributed by atoms with van der Waals surface area (Å²) >= 11 is 3.46. The van der Waals surface area contributed by atoms with Gasteiger partial charge in [-0.1, -0.05) is 55.1 Å². The van der Waals surface area contributed by atoms with Crippen LogP contribution < -0.4 is 4.74 Å². The van der Waals surface area contributed by atoms with Gasteiger partial charge in [-0.2, -0.15) is 0 Å². The van der Waals surface area contributed by atoms with E-state index in [1.54, 1.807) is 13.2 Å². The van der Waals surface area contributed by atoms with Gasteiger partial charge in [0.05, 0.1) is 13.7 Å². The van der Waals surface area contributed by atoms with Crippen molar-refractivity contribution in [2.24, 2.45) is 5.92 Å². The van der Waals surface area contributed by atoms with Crippen molar-refractivity contribution in [1.29, 1.82) is 0 Å². The summed E-state index contributed by atoms with van der Waals surface area (Å²) in [6.45, 7) is 4.82. The van der Waals surface area contributed by atoms with Crippen LogP contribution in [0.1, 0.15) is 45.1 Å². The zero-order valence-electron chi connectivity index (χ0n) is 13.6. The molecule has 0 spiro atoms. The molecule has 1 atom stereocenters. The Morgan fingerprint density at radius 1 is 1.36 bits per heavy atom. The second kappa shape index (κ2) is 10.4. The number of carbonyl (C=O) groups is 1. The number of carbonyl (C=O) groups excluding carboxylic acids is 1. The molecular formula is C18H25BrO3. The van der Waals surface area contributed by atoms with E-state index in [0.717, 1.165) is 28.6 Å². The molecule has 0 aliphatic rings. The van der Waals surface area contributed by atoms with Gasteiger partial charge in [-0.25, -0.2) is 4.79 Å². The standard InChI is InChI=1S/C18H25BrO3/c1-4-6-7-14(5-2)13-22-18(20)11-9-15-8-10-16(21-3)12-17(15)19/h8-12,14H,4-7,13H2,1-3H3/b11-9+. The van der Waals surface area contributed by atoms with E-state index in [4.69, 9.17) is 9.47 Å². The molecular weight excluding hydrogens is 344 g/mol. The number of ether oxygens (including phenoxy) is 2. The van der Waals surface area contributed by atoms with Gasteiger partial charge in [0.25, 0.3) is 0 Å². The van der Waals surface area contributed by atoms with Crippen molar-refractivity contribution in [1.82, 2.24) is 0 Å². The highest BCUT2D eigenvalue weighted by atomic mass is 79.9. The van der Waals surface area contributed by atoms with Gasteiger partial charge in [-0.15, -0.1) is 0 Å². The highest BCUT2D eigenvalue weighted by molar-refractivity contribution is 9.10. The zero-order chi connectivity index (χ0) is 16.4. The van der Waals surface area contributed by atoms with Gasteiger partial charge in [0.1, 0.15) is 5.75 Å². The Morgan fingerprint density at radius 3 is 2.73 bits per heavy atom. The third-order valence-corrected chi connectivity index (χ3v) is 4.30. The van der Waals surface area contributed by atoms with Crippen LogP contribution in [0.5, 0.6) is 5.75 Å². The Labute approximate surface area is 141 Å². The summed E-state index contributed by atoms with van der Waals surface area (Å²) in [5, 5.41) is 0. The van der Waals surface area contributed by atoms with Gasteiger partial charge >= 0.3 is 5.97 Å². The smallest absolute Gasteiger partial charge is 0.330 e. The van der Waals surface area contributed by atoms with Crippen molar-refractivity contribution in [3.8, 4) is 5.75 Å². The first-order valence-corrected chi connectivity index (χ1v) is 8.58. The monoisotopic (exact) mass is 368 g/mol. The zero-order valence-corrected chi connectivity index (χ0v) is 15.2. The van der Waals surface area contributed by atoms with Crippen LogP contribution in [0.25, 0.3) is 6.08 Å². The molecule has 1 aromatic carbocycles. The first kappa shape index (κ1) is 18.8. The molecule has 122 valence electrons. The van der Waals surface area contributed by atoms with Gasteiger partial charge in [-0.05, 0) is 36.1 Å². The number of halogens is 1. The fraction of sp³-hybridized carbons (Fsp3) is 0.500. The lowest BCUT2D eigenvalue weighted by molar-refractivity contribution is -0.139. The SMILES string of the molecule is CCCCC(CC)COC(=O)/C=C/c1ccc(OC)cc1Br. The van der Waals surface area contributed by atoms with Crippen LogP contribution in [-0.4, -0.2) is 19.7 Å². The predicted molar refractivity (Wildman–Crippen MR) is 94.0 cm³/mol. The average Bonchev–Trinajstić information content (AvgIpc) is 2.53. The minimum absolute atomic E-state index is 0.294. The Balaban J connectivity index is 2.50. The molecule has 0 heterocycles. The number of esters is 1. The van der Waals surface area contributed by atoms with Crippen molar-refractivity contribution in [3.63, 3.8) is 0 Å². The van der Waals surface area contributed by atoms with E-state index in [-0.39, 0.29) is 5.97 Å². The second-order valence-electron chi connectivity index (χ2n) is 5.27. The van der Waals surface area contributed by atoms with Gasteiger partial charge in [0.2, 0.25) is 0 Å². The van der Waals surface area contributed by atoms with Crippen LogP contribution in [0, 0.1) is 5.92 Å². The number of rotatable bonds is 9. The molecule has 0 aliphatic heterocycles. The molecule has 4 heteroatoms. The number of benzene rings is 1. The largest absolute Gasteiger partial charge is 0.497 e. The maximum Gasteiger partial charge on any atom is 0.330 e. The van der Waals surface area contributed by atoms with Gasteiger partial charge in [-0.3, -0.25) is 0 Å². The fourth-order valence-corrected chi connectivity index (χ4v) is 2.56.